The highest BCUT2D eigenvalue weighted by atomic mass is 32.2. The molecule has 0 aliphatic carbocycles. The number of hydrogen-bond acceptors (Lipinski definition) is 6. The van der Waals surface area contributed by atoms with Gasteiger partial charge in [0.2, 0.25) is 0 Å². The van der Waals surface area contributed by atoms with Gasteiger partial charge < -0.3 is 15.3 Å². The average molecular weight is 367 g/mol. The number of aromatic nitrogens is 2. The molecule has 6 nitrogen and oxygen atoms in total. The molecule has 2 rings (SSSR count). The molecule has 2 aromatic heterocycles. The van der Waals surface area contributed by atoms with Crippen LogP contribution in [0.15, 0.2) is 47.9 Å². The number of rotatable bonds is 6. The Balaban J connectivity index is 0.000000891. The summed E-state index contributed by atoms with van der Waals surface area (Å²) in [5, 5.41) is 11.3. The van der Waals surface area contributed by atoms with Crippen LogP contribution < -0.4 is 5.32 Å². The average Bonchev–Trinajstić information content (AvgIpc) is 2.60. The first kappa shape index (κ1) is 20.5. The first-order valence-corrected chi connectivity index (χ1v) is 10.2. The third-order valence-electron chi connectivity index (χ3n) is 2.58. The van der Waals surface area contributed by atoms with Gasteiger partial charge in [0, 0.05) is 45.4 Å². The maximum absolute atomic E-state index is 11.9. The molecule has 130 valence electrons. The maximum atomic E-state index is 11.9. The Kier molecular flexibility index (Phi) is 10.2. The van der Waals surface area contributed by atoms with Gasteiger partial charge in [-0.05, 0) is 43.4 Å². The van der Waals surface area contributed by atoms with E-state index in [1.54, 1.807) is 38.1 Å². The Bertz CT molecular complexity index is 615. The molecule has 0 aromatic carbocycles. The Morgan fingerprint density at radius 3 is 2.75 bits per heavy atom. The van der Waals surface area contributed by atoms with Gasteiger partial charge in [0.05, 0.1) is 10.6 Å². The van der Waals surface area contributed by atoms with Crippen molar-refractivity contribution in [2.24, 2.45) is 0 Å². The van der Waals surface area contributed by atoms with Crippen molar-refractivity contribution in [3.05, 3.63) is 54.0 Å². The highest BCUT2D eigenvalue weighted by Crippen LogP contribution is 2.32. The monoisotopic (exact) mass is 367 g/mol. The lowest BCUT2D eigenvalue weighted by Gasteiger charge is -2.07. The Morgan fingerprint density at radius 1 is 1.38 bits per heavy atom. The second-order valence-corrected chi connectivity index (χ2v) is 7.73. The fourth-order valence-corrected chi connectivity index (χ4v) is 3.23. The van der Waals surface area contributed by atoms with Crippen molar-refractivity contribution < 1.29 is 14.8 Å². The van der Waals surface area contributed by atoms with Gasteiger partial charge in [-0.2, -0.15) is 0 Å². The van der Waals surface area contributed by atoms with Crippen LogP contribution in [-0.4, -0.2) is 44.6 Å². The number of nitrogens with zero attached hydrogens (tertiary/aromatic N) is 2. The molecule has 0 radical (unpaired) electrons. The van der Waals surface area contributed by atoms with Crippen molar-refractivity contribution >= 4 is 25.8 Å². The van der Waals surface area contributed by atoms with Gasteiger partial charge in [-0.3, -0.25) is 9.78 Å². The molecule has 0 saturated heterocycles. The molecule has 0 aliphatic heterocycles. The van der Waals surface area contributed by atoms with Gasteiger partial charge in [-0.1, -0.05) is 11.8 Å². The fraction of sp³-hybridized carbons (Fsp3) is 0.312. The number of pyridine rings is 2. The molecule has 1 unspecified atom stereocenters. The third kappa shape index (κ3) is 8.36. The van der Waals surface area contributed by atoms with Gasteiger partial charge in [0.1, 0.15) is 0 Å². The predicted octanol–water partition coefficient (Wildman–Crippen LogP) is 2.47. The summed E-state index contributed by atoms with van der Waals surface area (Å²) in [6, 6.07) is 7.24. The zero-order chi connectivity index (χ0) is 17.8. The van der Waals surface area contributed by atoms with Gasteiger partial charge in [-0.15, -0.1) is 0 Å². The highest BCUT2D eigenvalue weighted by molar-refractivity contribution is 8.04. The second kappa shape index (κ2) is 11.9. The van der Waals surface area contributed by atoms with Crippen LogP contribution in [0.25, 0.3) is 0 Å². The lowest BCUT2D eigenvalue weighted by atomic mass is 10.2. The molecule has 1 atom stereocenters. The van der Waals surface area contributed by atoms with Crippen LogP contribution in [0.3, 0.4) is 0 Å². The van der Waals surface area contributed by atoms with E-state index in [0.29, 0.717) is 17.6 Å². The molecular weight excluding hydrogens is 345 g/mol. The van der Waals surface area contributed by atoms with Crippen LogP contribution in [-0.2, 0) is 6.54 Å². The molecule has 0 bridgehead atoms. The topological polar surface area (TPSA) is 95.3 Å². The molecule has 0 fully saturated rings. The molecule has 0 saturated carbocycles. The molecule has 0 spiro atoms. The molecule has 3 N–H and O–H groups in total. The largest absolute Gasteiger partial charge is 0.397 e. The van der Waals surface area contributed by atoms with Gasteiger partial charge in [0.25, 0.3) is 5.91 Å². The normalized spacial score (nSPS) is 11.2. The SMILES string of the molecule is CCO.CP(O)CSc1cc(CNC(=O)c2cccnc2)ccn1. The first-order valence-electron chi connectivity index (χ1n) is 7.33. The number of carbonyl (C=O) groups excluding carboxylic acids is 1. The van der Waals surface area contributed by atoms with E-state index in [1.165, 1.54) is 18.0 Å². The summed E-state index contributed by atoms with van der Waals surface area (Å²) in [6.45, 7) is 4.17. The second-order valence-electron chi connectivity index (χ2n) is 4.67. The van der Waals surface area contributed by atoms with E-state index in [0.717, 1.165) is 10.6 Å². The standard InChI is InChI=1S/C14H16N3O2PS.C2H6O/c1-20(19)10-21-13-7-11(4-6-16-13)8-17-14(18)12-3-2-5-15-9-12;1-2-3/h2-7,9,19H,8,10H2,1H3,(H,17,18);3H,2H2,1H3. The number of nitrogens with one attached hydrogen (secondary N) is 1. The minimum absolute atomic E-state index is 0.151. The Hall–Kier alpha value is -1.53. The molecular formula is C16H22N3O3PS. The minimum atomic E-state index is -0.936. The van der Waals surface area contributed by atoms with Crippen molar-refractivity contribution in [3.8, 4) is 0 Å². The summed E-state index contributed by atoms with van der Waals surface area (Å²) in [7, 11) is -0.936. The van der Waals surface area contributed by atoms with E-state index in [4.69, 9.17) is 5.11 Å². The summed E-state index contributed by atoms with van der Waals surface area (Å²) in [6.07, 6.45) is 4.88. The van der Waals surface area contributed by atoms with E-state index >= 15 is 0 Å². The number of hydrogen-bond donors (Lipinski definition) is 3. The van der Waals surface area contributed by atoms with Gasteiger partial charge >= 0.3 is 0 Å². The molecule has 2 heterocycles. The fourth-order valence-electron chi connectivity index (χ4n) is 1.58. The highest BCUT2D eigenvalue weighted by Gasteiger charge is 2.06. The van der Waals surface area contributed by atoms with Crippen LogP contribution >= 0.6 is 19.9 Å². The lowest BCUT2D eigenvalue weighted by molar-refractivity contribution is 0.0950. The summed E-state index contributed by atoms with van der Waals surface area (Å²) < 4.78 is 0. The van der Waals surface area contributed by atoms with Crippen molar-refractivity contribution in [2.45, 2.75) is 18.5 Å². The van der Waals surface area contributed by atoms with Crippen LogP contribution in [0, 0.1) is 0 Å². The van der Waals surface area contributed by atoms with Crippen molar-refractivity contribution in [2.75, 3.05) is 18.8 Å². The molecule has 24 heavy (non-hydrogen) atoms. The number of carbonyl (C=O) groups is 1. The number of aliphatic hydroxyl groups is 1. The molecule has 1 amide bonds. The number of aliphatic hydroxyl groups excluding tert-OH is 1. The quantitative estimate of drug-likeness (QED) is 0.536. The summed E-state index contributed by atoms with van der Waals surface area (Å²) >= 11 is 1.52. The summed E-state index contributed by atoms with van der Waals surface area (Å²) in [5.74, 6) is -0.151. The Labute approximate surface area is 147 Å². The zero-order valence-corrected chi connectivity index (χ0v) is 15.4. The van der Waals surface area contributed by atoms with E-state index in [9.17, 15) is 9.69 Å². The minimum Gasteiger partial charge on any atom is -0.397 e. The third-order valence-corrected chi connectivity index (χ3v) is 5.11. The van der Waals surface area contributed by atoms with Crippen molar-refractivity contribution in [1.29, 1.82) is 0 Å². The van der Waals surface area contributed by atoms with Gasteiger partial charge in [0.15, 0.2) is 0 Å². The Morgan fingerprint density at radius 2 is 2.12 bits per heavy atom. The number of amides is 1. The molecule has 0 aliphatic rings. The van der Waals surface area contributed by atoms with Crippen LogP contribution in [0.2, 0.25) is 0 Å². The van der Waals surface area contributed by atoms with Crippen molar-refractivity contribution in [1.82, 2.24) is 15.3 Å². The van der Waals surface area contributed by atoms with E-state index in [-0.39, 0.29) is 12.5 Å². The maximum Gasteiger partial charge on any atom is 0.253 e. The lowest BCUT2D eigenvalue weighted by Crippen LogP contribution is -2.22. The molecule has 2 aromatic rings. The first-order chi connectivity index (χ1) is 11.6. The van der Waals surface area contributed by atoms with Crippen molar-refractivity contribution in [3.63, 3.8) is 0 Å². The van der Waals surface area contributed by atoms with Crippen LogP contribution in [0.1, 0.15) is 22.8 Å². The van der Waals surface area contributed by atoms with E-state index < -0.39 is 8.15 Å². The smallest absolute Gasteiger partial charge is 0.253 e. The zero-order valence-electron chi connectivity index (χ0n) is 13.7. The summed E-state index contributed by atoms with van der Waals surface area (Å²) in [5.41, 5.74) is 2.18. The van der Waals surface area contributed by atoms with E-state index in [2.05, 4.69) is 15.3 Å². The predicted molar refractivity (Wildman–Crippen MR) is 98.2 cm³/mol. The van der Waals surface area contributed by atoms with Gasteiger partial charge in [-0.25, -0.2) is 4.98 Å². The number of thioether (sulfide) groups is 1. The van der Waals surface area contributed by atoms with Crippen LogP contribution in [0.4, 0.5) is 0 Å². The summed E-state index contributed by atoms with van der Waals surface area (Å²) in [4.78, 5) is 29.4. The van der Waals surface area contributed by atoms with E-state index in [1.807, 2.05) is 12.1 Å². The van der Waals surface area contributed by atoms with Crippen LogP contribution in [0.5, 0.6) is 0 Å². The molecule has 8 heteroatoms.